The molecule has 40 heavy (non-hydrogen) atoms. The second-order valence-corrected chi connectivity index (χ2v) is 13.0. The minimum absolute atomic E-state index is 0.0409. The van der Waals surface area contributed by atoms with Crippen LogP contribution in [0.15, 0.2) is 53.9 Å². The van der Waals surface area contributed by atoms with Crippen molar-refractivity contribution in [3.8, 4) is 0 Å². The number of hydrogen-bond donors (Lipinski definition) is 1. The summed E-state index contributed by atoms with van der Waals surface area (Å²) < 4.78 is 0. The van der Waals surface area contributed by atoms with Gasteiger partial charge in [0.2, 0.25) is 5.91 Å². The van der Waals surface area contributed by atoms with Crippen LogP contribution in [-0.4, -0.2) is 53.7 Å². The fourth-order valence-corrected chi connectivity index (χ4v) is 7.55. The van der Waals surface area contributed by atoms with E-state index in [1.54, 1.807) is 6.07 Å². The molecule has 3 aliphatic rings. The highest BCUT2D eigenvalue weighted by molar-refractivity contribution is 7.12. The van der Waals surface area contributed by atoms with Gasteiger partial charge in [-0.3, -0.25) is 14.4 Å². The van der Waals surface area contributed by atoms with Crippen LogP contribution in [0.4, 0.5) is 0 Å². The molecule has 1 aliphatic carbocycles. The van der Waals surface area contributed by atoms with E-state index in [1.165, 1.54) is 16.9 Å². The lowest BCUT2D eigenvalue weighted by molar-refractivity contribution is -0.132. The quantitative estimate of drug-likeness (QED) is 0.383. The van der Waals surface area contributed by atoms with E-state index < -0.39 is 0 Å². The second kappa shape index (κ2) is 11.2. The Labute approximate surface area is 248 Å². The van der Waals surface area contributed by atoms with Crippen LogP contribution >= 0.6 is 34.5 Å². The normalized spacial score (nSPS) is 19.6. The zero-order chi connectivity index (χ0) is 27.9. The number of likely N-dealkylation sites (tertiary alicyclic amines) is 2. The van der Waals surface area contributed by atoms with Gasteiger partial charge in [0, 0.05) is 36.8 Å². The molecule has 1 atom stereocenters. The molecule has 0 bridgehead atoms. The summed E-state index contributed by atoms with van der Waals surface area (Å²) in [5, 5.41) is 6.05. The maximum Gasteiger partial charge on any atom is 0.263 e. The topological polar surface area (TPSA) is 69.7 Å². The van der Waals surface area contributed by atoms with Crippen molar-refractivity contribution in [3.63, 3.8) is 0 Å². The minimum Gasteiger partial charge on any atom is -0.344 e. The third kappa shape index (κ3) is 5.52. The molecule has 2 aromatic carbocycles. The molecule has 2 saturated heterocycles. The van der Waals surface area contributed by atoms with Gasteiger partial charge in [-0.15, -0.1) is 11.3 Å². The van der Waals surface area contributed by atoms with E-state index in [4.69, 9.17) is 23.2 Å². The number of halogens is 2. The molecule has 208 valence electrons. The number of rotatable bonds is 5. The van der Waals surface area contributed by atoms with Gasteiger partial charge in [0.25, 0.3) is 11.8 Å². The number of hydrogen-bond acceptors (Lipinski definition) is 4. The molecule has 1 spiro atoms. The first-order valence-electron chi connectivity index (χ1n) is 13.8. The van der Waals surface area contributed by atoms with E-state index in [0.29, 0.717) is 26.9 Å². The monoisotopic (exact) mass is 595 g/mol. The first kappa shape index (κ1) is 27.3. The Balaban J connectivity index is 1.06. The number of fused-ring (bicyclic) bond motifs is 1. The van der Waals surface area contributed by atoms with Crippen LogP contribution in [0.5, 0.6) is 0 Å². The predicted octanol–water partition coefficient (Wildman–Crippen LogP) is 6.17. The smallest absolute Gasteiger partial charge is 0.263 e. The van der Waals surface area contributed by atoms with Gasteiger partial charge in [0.15, 0.2) is 0 Å². The molecule has 6 rings (SSSR count). The fourth-order valence-electron chi connectivity index (χ4n) is 6.38. The Hall–Kier alpha value is -2.87. The maximum atomic E-state index is 13.6. The first-order chi connectivity index (χ1) is 19.3. The van der Waals surface area contributed by atoms with Gasteiger partial charge in [-0.2, -0.15) is 0 Å². The zero-order valence-corrected chi connectivity index (χ0v) is 24.5. The summed E-state index contributed by atoms with van der Waals surface area (Å²) in [5.41, 5.74) is 3.90. The molecular formula is C31H31Cl2N3O3S. The number of carbonyl (C=O) groups is 3. The van der Waals surface area contributed by atoms with Gasteiger partial charge >= 0.3 is 0 Å². The highest BCUT2D eigenvalue weighted by Crippen LogP contribution is 2.41. The predicted molar refractivity (Wildman–Crippen MR) is 158 cm³/mol. The molecule has 2 aliphatic heterocycles. The van der Waals surface area contributed by atoms with Crippen molar-refractivity contribution in [2.24, 2.45) is 5.41 Å². The third-order valence-corrected chi connectivity index (χ3v) is 10.4. The van der Waals surface area contributed by atoms with Gasteiger partial charge in [0.1, 0.15) is 4.88 Å². The molecule has 1 unspecified atom stereocenters. The number of nitrogens with one attached hydrogen (secondary N) is 1. The van der Waals surface area contributed by atoms with Crippen LogP contribution in [0, 0.1) is 5.41 Å². The molecule has 1 aromatic heterocycles. The summed E-state index contributed by atoms with van der Waals surface area (Å²) >= 11 is 13.5. The minimum atomic E-state index is -0.172. The van der Waals surface area contributed by atoms with Crippen molar-refractivity contribution in [1.29, 1.82) is 0 Å². The van der Waals surface area contributed by atoms with E-state index in [0.717, 1.165) is 69.4 Å². The molecule has 1 N–H and O–H groups in total. The van der Waals surface area contributed by atoms with Crippen molar-refractivity contribution in [3.05, 3.63) is 91.1 Å². The standard InChI is InChI=1S/C31H31Cl2N3O3S/c32-23-6-1-20(2-7-23)17-27(37)35-13-10-31(11-14-35)12-15-36(19-31)30(39)22-4-3-21-5-8-26(24(21)18-22)34-29(38)28-25(33)9-16-40-28/h1-4,6-7,9,16,18,26H,5,8,10-15,17,19H2,(H,34,38). The van der Waals surface area contributed by atoms with Gasteiger partial charge in [-0.05, 0) is 89.9 Å². The number of aryl methyl sites for hydroxylation is 1. The third-order valence-electron chi connectivity index (χ3n) is 8.77. The average molecular weight is 597 g/mol. The van der Waals surface area contributed by atoms with E-state index in [1.807, 2.05) is 57.6 Å². The Bertz CT molecular complexity index is 1450. The second-order valence-electron chi connectivity index (χ2n) is 11.2. The summed E-state index contributed by atoms with van der Waals surface area (Å²) in [5.74, 6) is 0.0116. The van der Waals surface area contributed by atoms with Gasteiger partial charge in [-0.25, -0.2) is 0 Å². The van der Waals surface area contributed by atoms with Gasteiger partial charge in [0.05, 0.1) is 17.5 Å². The summed E-state index contributed by atoms with van der Waals surface area (Å²) in [6, 6.07) is 15.0. The Morgan fingerprint density at radius 2 is 1.68 bits per heavy atom. The van der Waals surface area contributed by atoms with E-state index in [2.05, 4.69) is 5.32 Å². The van der Waals surface area contributed by atoms with Crippen LogP contribution < -0.4 is 5.32 Å². The molecular weight excluding hydrogens is 565 g/mol. The highest BCUT2D eigenvalue weighted by Gasteiger charge is 2.43. The van der Waals surface area contributed by atoms with Crippen molar-refractivity contribution in [2.45, 2.75) is 44.6 Å². The Morgan fingerprint density at radius 1 is 0.950 bits per heavy atom. The lowest BCUT2D eigenvalue weighted by atomic mass is 9.77. The van der Waals surface area contributed by atoms with Crippen LogP contribution in [0.1, 0.15) is 68.4 Å². The molecule has 3 amide bonds. The summed E-state index contributed by atoms with van der Waals surface area (Å²) in [7, 11) is 0. The molecule has 3 heterocycles. The maximum absolute atomic E-state index is 13.6. The van der Waals surface area contributed by atoms with Gasteiger partial charge in [-0.1, -0.05) is 41.4 Å². The Kier molecular flexibility index (Phi) is 7.64. The van der Waals surface area contributed by atoms with Crippen LogP contribution in [0.25, 0.3) is 0 Å². The molecule has 3 aromatic rings. The first-order valence-corrected chi connectivity index (χ1v) is 15.4. The summed E-state index contributed by atoms with van der Waals surface area (Å²) in [6.07, 6.45) is 4.84. The SMILES string of the molecule is O=C(NC1CCc2ccc(C(=O)N3CCC4(CCN(C(=O)Cc5ccc(Cl)cc5)CC4)C3)cc21)c1sccc1Cl. The lowest BCUT2D eigenvalue weighted by Gasteiger charge is -2.39. The molecule has 9 heteroatoms. The van der Waals surface area contributed by atoms with E-state index in [9.17, 15) is 14.4 Å². The number of carbonyl (C=O) groups excluding carboxylic acids is 3. The van der Waals surface area contributed by atoms with E-state index >= 15 is 0 Å². The van der Waals surface area contributed by atoms with Crippen LogP contribution in [-0.2, 0) is 17.6 Å². The molecule has 0 radical (unpaired) electrons. The van der Waals surface area contributed by atoms with Crippen molar-refractivity contribution < 1.29 is 14.4 Å². The van der Waals surface area contributed by atoms with Gasteiger partial charge < -0.3 is 15.1 Å². The molecule has 2 fully saturated rings. The lowest BCUT2D eigenvalue weighted by Crippen LogP contribution is -2.45. The fraction of sp³-hybridized carbons (Fsp3) is 0.387. The number of amides is 3. The summed E-state index contributed by atoms with van der Waals surface area (Å²) in [4.78, 5) is 43.7. The molecule has 0 saturated carbocycles. The van der Waals surface area contributed by atoms with Crippen molar-refractivity contribution >= 4 is 52.3 Å². The molecule has 6 nitrogen and oxygen atoms in total. The number of thiophene rings is 1. The zero-order valence-electron chi connectivity index (χ0n) is 22.1. The van der Waals surface area contributed by atoms with Crippen molar-refractivity contribution in [2.75, 3.05) is 26.2 Å². The average Bonchev–Trinajstić information content (AvgIpc) is 3.69. The number of nitrogens with zero attached hydrogens (tertiary/aromatic N) is 2. The Morgan fingerprint density at radius 3 is 2.38 bits per heavy atom. The highest BCUT2D eigenvalue weighted by atomic mass is 35.5. The number of benzene rings is 2. The number of piperidine rings is 1. The van der Waals surface area contributed by atoms with Crippen LogP contribution in [0.3, 0.4) is 0 Å². The summed E-state index contributed by atoms with van der Waals surface area (Å²) in [6.45, 7) is 2.90. The van der Waals surface area contributed by atoms with Crippen LogP contribution in [0.2, 0.25) is 10.0 Å². The van der Waals surface area contributed by atoms with E-state index in [-0.39, 0.29) is 29.2 Å². The van der Waals surface area contributed by atoms with Crippen molar-refractivity contribution in [1.82, 2.24) is 15.1 Å². The largest absolute Gasteiger partial charge is 0.344 e.